The first-order valence-corrected chi connectivity index (χ1v) is 7.87. The van der Waals surface area contributed by atoms with Crippen LogP contribution in [-0.4, -0.2) is 27.0 Å². The molecule has 0 fully saturated rings. The van der Waals surface area contributed by atoms with Gasteiger partial charge in [0.05, 0.1) is 5.75 Å². The highest BCUT2D eigenvalue weighted by molar-refractivity contribution is 7.90. The molecule has 4 nitrogen and oxygen atoms in total. The van der Waals surface area contributed by atoms with Crippen molar-refractivity contribution in [1.82, 2.24) is 5.32 Å². The summed E-state index contributed by atoms with van der Waals surface area (Å²) in [6.07, 6.45) is 1.84. The Morgan fingerprint density at radius 3 is 2.47 bits per heavy atom. The van der Waals surface area contributed by atoms with Gasteiger partial charge in [-0.15, -0.1) is 0 Å². The highest BCUT2D eigenvalue weighted by Crippen LogP contribution is 2.24. The van der Waals surface area contributed by atoms with Crippen LogP contribution in [0.15, 0.2) is 10.5 Å². The number of nitrogens with one attached hydrogen (secondary N) is 1. The van der Waals surface area contributed by atoms with Crippen molar-refractivity contribution >= 4 is 9.84 Å². The number of furan rings is 1. The van der Waals surface area contributed by atoms with E-state index in [1.807, 2.05) is 26.8 Å². The van der Waals surface area contributed by atoms with Gasteiger partial charge >= 0.3 is 0 Å². The first-order chi connectivity index (χ1) is 7.83. The Morgan fingerprint density at radius 1 is 1.41 bits per heavy atom. The normalized spacial score (nSPS) is 13.9. The number of hydrogen-bond acceptors (Lipinski definition) is 4. The van der Waals surface area contributed by atoms with Gasteiger partial charge < -0.3 is 9.73 Å². The lowest BCUT2D eigenvalue weighted by Gasteiger charge is -2.16. The van der Waals surface area contributed by atoms with Gasteiger partial charge in [-0.1, -0.05) is 6.92 Å². The summed E-state index contributed by atoms with van der Waals surface area (Å²) in [4.78, 5) is 0. The summed E-state index contributed by atoms with van der Waals surface area (Å²) in [6.45, 7) is 6.62. The van der Waals surface area contributed by atoms with Crippen LogP contribution in [0, 0.1) is 13.8 Å². The fourth-order valence-corrected chi connectivity index (χ4v) is 2.61. The van der Waals surface area contributed by atoms with E-state index >= 15 is 0 Å². The maximum atomic E-state index is 11.2. The van der Waals surface area contributed by atoms with Crippen LogP contribution in [0.3, 0.4) is 0 Å². The summed E-state index contributed by atoms with van der Waals surface area (Å²) in [5, 5.41) is 3.30. The van der Waals surface area contributed by atoms with Crippen LogP contribution < -0.4 is 5.32 Å². The Morgan fingerprint density at radius 2 is 2.06 bits per heavy atom. The van der Waals surface area contributed by atoms with E-state index < -0.39 is 9.84 Å². The molecule has 0 bridgehead atoms. The van der Waals surface area contributed by atoms with E-state index in [9.17, 15) is 8.42 Å². The second-order valence-corrected chi connectivity index (χ2v) is 6.66. The van der Waals surface area contributed by atoms with Crippen molar-refractivity contribution in [2.45, 2.75) is 33.2 Å². The molecule has 0 saturated carbocycles. The fraction of sp³-hybridized carbons (Fsp3) is 0.667. The van der Waals surface area contributed by atoms with E-state index in [0.29, 0.717) is 6.42 Å². The van der Waals surface area contributed by atoms with Gasteiger partial charge in [0.1, 0.15) is 21.4 Å². The van der Waals surface area contributed by atoms with Crippen molar-refractivity contribution < 1.29 is 12.8 Å². The minimum Gasteiger partial charge on any atom is -0.466 e. The maximum absolute atomic E-state index is 11.2. The lowest BCUT2D eigenvalue weighted by atomic mass is 10.1. The maximum Gasteiger partial charge on any atom is 0.147 e. The zero-order valence-corrected chi connectivity index (χ0v) is 11.7. The molecule has 98 valence electrons. The first kappa shape index (κ1) is 14.3. The third kappa shape index (κ3) is 4.52. The molecule has 5 heteroatoms. The van der Waals surface area contributed by atoms with Crippen LogP contribution >= 0.6 is 0 Å². The van der Waals surface area contributed by atoms with Gasteiger partial charge in [0, 0.05) is 17.9 Å². The molecule has 17 heavy (non-hydrogen) atoms. The number of rotatable bonds is 6. The predicted octanol–water partition coefficient (Wildman–Crippen LogP) is 1.98. The number of sulfone groups is 1. The van der Waals surface area contributed by atoms with E-state index in [-0.39, 0.29) is 11.8 Å². The number of hydrogen-bond donors (Lipinski definition) is 1. The molecule has 1 aromatic rings. The molecule has 1 N–H and O–H groups in total. The van der Waals surface area contributed by atoms with Gasteiger partial charge in [-0.2, -0.15) is 0 Å². The molecule has 0 amide bonds. The van der Waals surface area contributed by atoms with Crippen LogP contribution in [0.1, 0.15) is 36.5 Å². The highest BCUT2D eigenvalue weighted by Gasteiger charge is 2.18. The molecule has 0 spiro atoms. The third-order valence-electron chi connectivity index (χ3n) is 2.68. The van der Waals surface area contributed by atoms with Gasteiger partial charge in [0.2, 0.25) is 0 Å². The second-order valence-electron chi connectivity index (χ2n) is 4.40. The van der Waals surface area contributed by atoms with Gasteiger partial charge in [-0.25, -0.2) is 8.42 Å². The topological polar surface area (TPSA) is 59.3 Å². The lowest BCUT2D eigenvalue weighted by molar-refractivity contribution is 0.480. The molecular formula is C12H21NO3S. The van der Waals surface area contributed by atoms with Crippen molar-refractivity contribution in [3.63, 3.8) is 0 Å². The summed E-state index contributed by atoms with van der Waals surface area (Å²) in [5.41, 5.74) is 1.06. The van der Waals surface area contributed by atoms with E-state index in [4.69, 9.17) is 4.42 Å². The zero-order valence-electron chi connectivity index (χ0n) is 10.9. The second kappa shape index (κ2) is 5.69. The number of aryl methyl sites for hydroxylation is 2. The van der Waals surface area contributed by atoms with Gasteiger partial charge in [0.15, 0.2) is 0 Å². The Balaban J connectivity index is 2.82. The molecule has 1 unspecified atom stereocenters. The van der Waals surface area contributed by atoms with Crippen LogP contribution in [0.4, 0.5) is 0 Å². The smallest absolute Gasteiger partial charge is 0.147 e. The zero-order chi connectivity index (χ0) is 13.1. The van der Waals surface area contributed by atoms with E-state index in [1.165, 1.54) is 6.26 Å². The van der Waals surface area contributed by atoms with Crippen LogP contribution in [0.5, 0.6) is 0 Å². The van der Waals surface area contributed by atoms with Crippen LogP contribution in [-0.2, 0) is 9.84 Å². The molecule has 0 aliphatic rings. The van der Waals surface area contributed by atoms with Crippen LogP contribution in [0.25, 0.3) is 0 Å². The standard InChI is InChI=1S/C12H21NO3S/c1-5-13-12(6-7-17(4,14)15)11-8-9(2)16-10(11)3/h8,12-13H,5-7H2,1-4H3. The molecule has 0 saturated heterocycles. The Kier molecular flexibility index (Phi) is 4.77. The van der Waals surface area contributed by atoms with Crippen LogP contribution in [0.2, 0.25) is 0 Å². The van der Waals surface area contributed by atoms with Gasteiger partial charge in [-0.05, 0) is 32.9 Å². The largest absolute Gasteiger partial charge is 0.466 e. The fourth-order valence-electron chi connectivity index (χ4n) is 1.94. The van der Waals surface area contributed by atoms with Gasteiger partial charge in [-0.3, -0.25) is 0 Å². The lowest BCUT2D eigenvalue weighted by Crippen LogP contribution is -2.23. The predicted molar refractivity (Wildman–Crippen MR) is 68.9 cm³/mol. The minimum atomic E-state index is -2.92. The SMILES string of the molecule is CCNC(CCS(C)(=O)=O)c1cc(C)oc1C. The summed E-state index contributed by atoms with van der Waals surface area (Å²) < 4.78 is 27.9. The molecule has 0 aliphatic heterocycles. The molecule has 1 atom stereocenters. The highest BCUT2D eigenvalue weighted by atomic mass is 32.2. The molecule has 1 heterocycles. The average Bonchev–Trinajstić information content (AvgIpc) is 2.51. The van der Waals surface area contributed by atoms with Crippen molar-refractivity contribution in [1.29, 1.82) is 0 Å². The van der Waals surface area contributed by atoms with Gasteiger partial charge in [0.25, 0.3) is 0 Å². The Labute approximate surface area is 103 Å². The molecule has 0 aromatic carbocycles. The minimum absolute atomic E-state index is 0.0483. The summed E-state index contributed by atoms with van der Waals surface area (Å²) in [7, 11) is -2.92. The van der Waals surface area contributed by atoms with E-state index in [0.717, 1.165) is 23.6 Å². The third-order valence-corrected chi connectivity index (χ3v) is 3.66. The molecule has 0 aliphatic carbocycles. The van der Waals surface area contributed by atoms with Crippen molar-refractivity contribution in [2.75, 3.05) is 18.6 Å². The summed E-state index contributed by atoms with van der Waals surface area (Å²) >= 11 is 0. The monoisotopic (exact) mass is 259 g/mol. The average molecular weight is 259 g/mol. The summed E-state index contributed by atoms with van der Waals surface area (Å²) in [5.74, 6) is 1.91. The van der Waals surface area contributed by atoms with Crippen molar-refractivity contribution in [3.05, 3.63) is 23.2 Å². The molecule has 0 radical (unpaired) electrons. The molecule has 1 aromatic heterocycles. The van der Waals surface area contributed by atoms with E-state index in [1.54, 1.807) is 0 Å². The molecular weight excluding hydrogens is 238 g/mol. The quantitative estimate of drug-likeness (QED) is 0.848. The van der Waals surface area contributed by atoms with Crippen molar-refractivity contribution in [2.24, 2.45) is 0 Å². The van der Waals surface area contributed by atoms with Crippen molar-refractivity contribution in [3.8, 4) is 0 Å². The molecule has 1 rings (SSSR count). The summed E-state index contributed by atoms with van der Waals surface area (Å²) in [6, 6.07) is 2.03. The Hall–Kier alpha value is -0.810. The Bertz CT molecular complexity index is 462. The first-order valence-electron chi connectivity index (χ1n) is 5.81. The van der Waals surface area contributed by atoms with E-state index in [2.05, 4.69) is 5.32 Å².